The van der Waals surface area contributed by atoms with Gasteiger partial charge in [-0.05, 0) is 24.6 Å². The van der Waals surface area contributed by atoms with Gasteiger partial charge in [-0.1, -0.05) is 12.1 Å². The van der Waals surface area contributed by atoms with Crippen molar-refractivity contribution in [3.05, 3.63) is 50.3 Å². The third-order valence-corrected chi connectivity index (χ3v) is 2.59. The molecule has 0 unspecified atom stereocenters. The fourth-order valence-corrected chi connectivity index (χ4v) is 1.60. The van der Waals surface area contributed by atoms with Crippen LogP contribution in [0.3, 0.4) is 0 Å². The quantitative estimate of drug-likeness (QED) is 0.771. The molecule has 0 amide bonds. The van der Waals surface area contributed by atoms with E-state index >= 15 is 0 Å². The summed E-state index contributed by atoms with van der Waals surface area (Å²) in [7, 11) is 0. The van der Waals surface area contributed by atoms with Crippen LogP contribution >= 0.6 is 0 Å². The summed E-state index contributed by atoms with van der Waals surface area (Å²) in [6, 6.07) is 7.34. The second-order valence-electron chi connectivity index (χ2n) is 3.81. The highest BCUT2D eigenvalue weighted by atomic mass is 16.5. The number of hydrogen-bond acceptors (Lipinski definition) is 5. The molecule has 2 aromatic carbocycles. The van der Waals surface area contributed by atoms with Gasteiger partial charge >= 0.3 is 0 Å². The Balaban J connectivity index is 1.99. The molecule has 0 aliphatic rings. The van der Waals surface area contributed by atoms with Gasteiger partial charge in [0.25, 0.3) is 10.9 Å². The van der Waals surface area contributed by atoms with Crippen LogP contribution in [-0.2, 0) is 6.54 Å². The van der Waals surface area contributed by atoms with Gasteiger partial charge in [0.2, 0.25) is 0 Å². The van der Waals surface area contributed by atoms with Gasteiger partial charge < -0.3 is 15.2 Å². The van der Waals surface area contributed by atoms with Gasteiger partial charge in [0.05, 0.1) is 6.61 Å². The van der Waals surface area contributed by atoms with E-state index in [1.165, 1.54) is 0 Å². The van der Waals surface area contributed by atoms with E-state index in [-0.39, 0.29) is 5.69 Å². The first-order valence-electron chi connectivity index (χ1n) is 5.61. The minimum Gasteiger partial charge on any atom is -0.502 e. The first-order valence-corrected chi connectivity index (χ1v) is 5.61. The Labute approximate surface area is 103 Å². The Morgan fingerprint density at radius 1 is 1.17 bits per heavy atom. The highest BCUT2D eigenvalue weighted by Gasteiger charge is 2.19. The van der Waals surface area contributed by atoms with E-state index in [0.29, 0.717) is 13.2 Å². The molecule has 2 aromatic rings. The van der Waals surface area contributed by atoms with Crippen molar-refractivity contribution in [2.75, 3.05) is 11.9 Å². The lowest BCUT2D eigenvalue weighted by Gasteiger charge is -2.09. The summed E-state index contributed by atoms with van der Waals surface area (Å²) < 4.78 is 5.30. The maximum absolute atomic E-state index is 11.1. The van der Waals surface area contributed by atoms with Crippen molar-refractivity contribution < 1.29 is 9.84 Å². The topological polar surface area (TPSA) is 75.6 Å². The number of anilines is 1. The van der Waals surface area contributed by atoms with Crippen molar-refractivity contribution in [2.45, 2.75) is 13.5 Å². The van der Waals surface area contributed by atoms with Crippen LogP contribution in [0.15, 0.2) is 33.9 Å². The lowest BCUT2D eigenvalue weighted by atomic mass is 10.2. The van der Waals surface area contributed by atoms with Gasteiger partial charge in [0, 0.05) is 6.54 Å². The summed E-state index contributed by atoms with van der Waals surface area (Å²) in [6.07, 6.45) is 0. The predicted octanol–water partition coefficient (Wildman–Crippen LogP) is 0.999. The van der Waals surface area contributed by atoms with E-state index in [2.05, 4.69) is 5.32 Å². The smallest absolute Gasteiger partial charge is 0.271 e. The molecule has 94 valence electrons. The Bertz CT molecular complexity index is 609. The molecule has 0 aliphatic heterocycles. The van der Waals surface area contributed by atoms with Crippen LogP contribution in [0.2, 0.25) is 0 Å². The molecule has 0 spiro atoms. The lowest BCUT2D eigenvalue weighted by molar-refractivity contribution is 0.340. The Morgan fingerprint density at radius 2 is 1.83 bits per heavy atom. The molecule has 0 bridgehead atoms. The van der Waals surface area contributed by atoms with Crippen LogP contribution in [0.25, 0.3) is 0 Å². The summed E-state index contributed by atoms with van der Waals surface area (Å²) in [5.74, 6) is 0.296. The first kappa shape index (κ1) is 12.2. The monoisotopic (exact) mass is 247 g/mol. The third-order valence-electron chi connectivity index (χ3n) is 2.59. The molecular formula is C13H13NO4. The second kappa shape index (κ2) is 4.91. The lowest BCUT2D eigenvalue weighted by Crippen LogP contribution is -2.33. The van der Waals surface area contributed by atoms with E-state index in [9.17, 15) is 9.59 Å². The Kier molecular flexibility index (Phi) is 3.32. The number of rotatable bonds is 5. The van der Waals surface area contributed by atoms with Crippen molar-refractivity contribution in [3.63, 3.8) is 0 Å². The Morgan fingerprint density at radius 3 is 2.39 bits per heavy atom. The van der Waals surface area contributed by atoms with Gasteiger partial charge in [0.15, 0.2) is 5.75 Å². The van der Waals surface area contributed by atoms with Crippen LogP contribution in [0, 0.1) is 0 Å². The number of hydrogen-bond donors (Lipinski definition) is 2. The molecule has 2 N–H and O–H groups in total. The minimum atomic E-state index is -0.829. The molecule has 5 heteroatoms. The molecule has 2 rings (SSSR count). The van der Waals surface area contributed by atoms with Crippen LogP contribution in [-0.4, -0.2) is 11.7 Å². The summed E-state index contributed by atoms with van der Waals surface area (Å²) in [6.45, 7) is 2.88. The van der Waals surface area contributed by atoms with E-state index in [1.807, 2.05) is 31.2 Å². The fourth-order valence-electron chi connectivity index (χ4n) is 1.60. The molecule has 0 fully saturated rings. The van der Waals surface area contributed by atoms with Crippen LogP contribution in [0.1, 0.15) is 12.5 Å². The maximum Gasteiger partial charge on any atom is 0.271 e. The van der Waals surface area contributed by atoms with Gasteiger partial charge in [-0.15, -0.1) is 0 Å². The zero-order valence-corrected chi connectivity index (χ0v) is 9.90. The first-order chi connectivity index (χ1) is 8.63. The third kappa shape index (κ3) is 2.20. The van der Waals surface area contributed by atoms with E-state index < -0.39 is 16.6 Å². The molecule has 18 heavy (non-hydrogen) atoms. The number of aromatic hydroxyl groups is 1. The molecule has 0 aliphatic carbocycles. The van der Waals surface area contributed by atoms with Crippen molar-refractivity contribution in [1.29, 1.82) is 0 Å². The molecular weight excluding hydrogens is 234 g/mol. The second-order valence-corrected chi connectivity index (χ2v) is 3.81. The molecule has 0 saturated carbocycles. The van der Waals surface area contributed by atoms with Crippen LogP contribution < -0.4 is 20.9 Å². The van der Waals surface area contributed by atoms with Gasteiger partial charge in [0.1, 0.15) is 11.4 Å². The van der Waals surface area contributed by atoms with Crippen molar-refractivity contribution in [3.8, 4) is 11.5 Å². The zero-order valence-electron chi connectivity index (χ0n) is 9.90. The van der Waals surface area contributed by atoms with Gasteiger partial charge in [-0.3, -0.25) is 9.59 Å². The van der Waals surface area contributed by atoms with E-state index in [1.54, 1.807) is 0 Å². The SMILES string of the molecule is CCOc1ccc(CNc2c(O)c(=O)c2=O)cc1. The van der Waals surface area contributed by atoms with Gasteiger partial charge in [-0.2, -0.15) is 0 Å². The van der Waals surface area contributed by atoms with Crippen molar-refractivity contribution in [1.82, 2.24) is 0 Å². The summed E-state index contributed by atoms with van der Waals surface area (Å²) in [5.41, 5.74) is -0.581. The molecule has 0 heterocycles. The zero-order chi connectivity index (χ0) is 13.1. The van der Waals surface area contributed by atoms with Crippen LogP contribution in [0.4, 0.5) is 5.69 Å². The summed E-state index contributed by atoms with van der Waals surface area (Å²) in [5, 5.41) is 11.9. The predicted molar refractivity (Wildman–Crippen MR) is 68.0 cm³/mol. The van der Waals surface area contributed by atoms with Crippen molar-refractivity contribution in [2.24, 2.45) is 0 Å². The molecule has 0 saturated heterocycles. The molecule has 0 aromatic heterocycles. The summed E-state index contributed by atoms with van der Waals surface area (Å²) >= 11 is 0. The molecule has 0 atom stereocenters. The Hall–Kier alpha value is -2.30. The van der Waals surface area contributed by atoms with Crippen molar-refractivity contribution >= 4 is 5.69 Å². The average Bonchev–Trinajstić information content (AvgIpc) is 2.40. The molecule has 5 nitrogen and oxygen atoms in total. The number of ether oxygens (including phenoxy) is 1. The van der Waals surface area contributed by atoms with E-state index in [0.717, 1.165) is 11.3 Å². The minimum absolute atomic E-state index is 0.00566. The normalized spacial score (nSPS) is 10.5. The number of benzene rings is 1. The summed E-state index contributed by atoms with van der Waals surface area (Å²) in [4.78, 5) is 21.9. The standard InChI is InChI=1S/C13H13NO4/c1-2-18-9-5-3-8(4-6-9)7-14-10-11(15)13(17)12(10)16/h3-6,14-15H,2,7H2,1H3. The average molecular weight is 247 g/mol. The van der Waals surface area contributed by atoms with Gasteiger partial charge in [-0.25, -0.2) is 0 Å². The highest BCUT2D eigenvalue weighted by Crippen LogP contribution is 2.17. The highest BCUT2D eigenvalue weighted by molar-refractivity contribution is 5.60. The largest absolute Gasteiger partial charge is 0.502 e. The maximum atomic E-state index is 11.1. The molecule has 0 radical (unpaired) electrons. The van der Waals surface area contributed by atoms with Crippen LogP contribution in [0.5, 0.6) is 11.5 Å². The number of nitrogens with one attached hydrogen (secondary N) is 1. The van der Waals surface area contributed by atoms with E-state index in [4.69, 9.17) is 9.84 Å². The fraction of sp³-hybridized carbons (Fsp3) is 0.231.